The molecule has 1 aliphatic heterocycles. The van der Waals surface area contributed by atoms with Crippen LogP contribution in [0, 0.1) is 20.8 Å². The highest BCUT2D eigenvalue weighted by atomic mass is 16.3. The predicted octanol–water partition coefficient (Wildman–Crippen LogP) is 4.80. The summed E-state index contributed by atoms with van der Waals surface area (Å²) in [5, 5.41) is 7.65. The molecule has 0 unspecified atom stereocenters. The van der Waals surface area contributed by atoms with E-state index in [1.807, 2.05) is 63.2 Å². The third-order valence-corrected chi connectivity index (χ3v) is 6.74. The molecule has 0 fully saturated rings. The Hall–Kier alpha value is -4.13. The van der Waals surface area contributed by atoms with E-state index in [-0.39, 0.29) is 18.4 Å². The molecule has 5 rings (SSSR count). The Morgan fingerprint density at radius 3 is 2.51 bits per heavy atom. The van der Waals surface area contributed by atoms with Crippen molar-refractivity contribution in [1.29, 1.82) is 0 Å². The maximum absolute atomic E-state index is 13.9. The molecule has 2 aromatic carbocycles. The van der Waals surface area contributed by atoms with Crippen LogP contribution >= 0.6 is 0 Å². The van der Waals surface area contributed by atoms with Gasteiger partial charge in [0.15, 0.2) is 5.76 Å². The lowest BCUT2D eigenvalue weighted by Gasteiger charge is -2.43. The number of carbonyl (C=O) groups is 2. The summed E-state index contributed by atoms with van der Waals surface area (Å²) in [6.45, 7) is 8.42. The Balaban J connectivity index is 1.54. The average Bonchev–Trinajstić information content (AvgIpc) is 3.51. The normalized spacial score (nSPS) is 17.4. The molecule has 7 nitrogen and oxygen atoms in total. The first-order chi connectivity index (χ1) is 16.8. The molecule has 0 aliphatic carbocycles. The van der Waals surface area contributed by atoms with E-state index in [1.54, 1.807) is 41.0 Å². The molecule has 7 heteroatoms. The molecule has 2 amide bonds. The van der Waals surface area contributed by atoms with Gasteiger partial charge in [0.25, 0.3) is 5.91 Å². The molecule has 1 N–H and O–H groups in total. The second kappa shape index (κ2) is 8.58. The van der Waals surface area contributed by atoms with Crippen molar-refractivity contribution in [3.63, 3.8) is 0 Å². The van der Waals surface area contributed by atoms with Gasteiger partial charge in [-0.15, -0.1) is 0 Å². The topological polar surface area (TPSA) is 80.4 Å². The molecule has 0 spiro atoms. The van der Waals surface area contributed by atoms with Gasteiger partial charge in [-0.25, -0.2) is 0 Å². The van der Waals surface area contributed by atoms with E-state index in [9.17, 15) is 9.59 Å². The van der Waals surface area contributed by atoms with Gasteiger partial charge in [-0.1, -0.05) is 35.9 Å². The van der Waals surface area contributed by atoms with Gasteiger partial charge in [-0.05, 0) is 68.7 Å². The zero-order valence-electron chi connectivity index (χ0n) is 20.3. The van der Waals surface area contributed by atoms with Crippen LogP contribution in [0.1, 0.15) is 39.7 Å². The monoisotopic (exact) mass is 468 g/mol. The van der Waals surface area contributed by atoms with Crippen molar-refractivity contribution in [2.24, 2.45) is 0 Å². The summed E-state index contributed by atoms with van der Waals surface area (Å²) < 4.78 is 7.10. The standard InChI is InChI=1S/C28H28N4O3/c1-18-7-10-21(11-8-18)16-29-27(34)28(4)17-31-24(15-23(30-31)25-6-5-13-35-25)26(33)32(28)22-12-9-19(2)20(3)14-22/h5-15H,16-17H2,1-4H3,(H,29,34)/t28-/m1/s1. The second-order valence-corrected chi connectivity index (χ2v) is 9.40. The second-order valence-electron chi connectivity index (χ2n) is 9.40. The molecular weight excluding hydrogens is 440 g/mol. The van der Waals surface area contributed by atoms with E-state index in [4.69, 9.17) is 4.42 Å². The lowest BCUT2D eigenvalue weighted by Crippen LogP contribution is -2.64. The number of carbonyl (C=O) groups excluding carboxylic acids is 2. The van der Waals surface area contributed by atoms with E-state index in [1.165, 1.54) is 0 Å². The fourth-order valence-electron chi connectivity index (χ4n) is 4.47. The Morgan fingerprint density at radius 1 is 1.06 bits per heavy atom. The van der Waals surface area contributed by atoms with Crippen LogP contribution < -0.4 is 10.2 Å². The Morgan fingerprint density at radius 2 is 1.83 bits per heavy atom. The van der Waals surface area contributed by atoms with Gasteiger partial charge in [-0.2, -0.15) is 5.10 Å². The van der Waals surface area contributed by atoms with E-state index < -0.39 is 5.54 Å². The fourth-order valence-corrected chi connectivity index (χ4v) is 4.47. The summed E-state index contributed by atoms with van der Waals surface area (Å²) in [6, 6.07) is 19.1. The SMILES string of the molecule is Cc1ccc(CNC(=O)[C@@]2(C)Cn3nc(-c4ccco4)cc3C(=O)N2c2ccc(C)c(C)c2)cc1. The lowest BCUT2D eigenvalue weighted by molar-refractivity contribution is -0.126. The van der Waals surface area contributed by atoms with Crippen LogP contribution in [0.25, 0.3) is 11.5 Å². The van der Waals surface area contributed by atoms with Gasteiger partial charge in [0.05, 0.1) is 12.8 Å². The third kappa shape index (κ3) is 4.03. The number of hydrogen-bond donors (Lipinski definition) is 1. The van der Waals surface area contributed by atoms with Gasteiger partial charge in [0.2, 0.25) is 5.91 Å². The number of fused-ring (bicyclic) bond motifs is 1. The van der Waals surface area contributed by atoms with E-state index in [0.29, 0.717) is 29.4 Å². The highest BCUT2D eigenvalue weighted by Crippen LogP contribution is 2.35. The van der Waals surface area contributed by atoms with E-state index in [2.05, 4.69) is 10.4 Å². The van der Waals surface area contributed by atoms with Crippen molar-refractivity contribution >= 4 is 17.5 Å². The number of rotatable bonds is 5. The molecule has 0 saturated heterocycles. The first-order valence-corrected chi connectivity index (χ1v) is 11.6. The number of nitrogens with one attached hydrogen (secondary N) is 1. The van der Waals surface area contributed by atoms with Gasteiger partial charge in [0, 0.05) is 18.3 Å². The van der Waals surface area contributed by atoms with Crippen molar-refractivity contribution in [3.05, 3.63) is 94.9 Å². The molecule has 4 aromatic rings. The van der Waals surface area contributed by atoms with Crippen molar-refractivity contribution in [3.8, 4) is 11.5 Å². The van der Waals surface area contributed by atoms with Crippen molar-refractivity contribution in [2.75, 3.05) is 4.90 Å². The van der Waals surface area contributed by atoms with E-state index in [0.717, 1.165) is 22.3 Å². The first kappa shape index (κ1) is 22.7. The summed E-state index contributed by atoms with van der Waals surface area (Å²) in [7, 11) is 0. The molecule has 3 heterocycles. The molecule has 178 valence electrons. The average molecular weight is 469 g/mol. The number of nitrogens with zero attached hydrogens (tertiary/aromatic N) is 3. The quantitative estimate of drug-likeness (QED) is 0.456. The lowest BCUT2D eigenvalue weighted by atomic mass is 9.93. The van der Waals surface area contributed by atoms with Crippen LogP contribution in [0.2, 0.25) is 0 Å². The zero-order valence-corrected chi connectivity index (χ0v) is 20.3. The molecule has 0 bridgehead atoms. The van der Waals surface area contributed by atoms with Gasteiger partial charge < -0.3 is 9.73 Å². The number of aromatic nitrogens is 2. The van der Waals surface area contributed by atoms with Gasteiger partial charge in [0.1, 0.15) is 16.9 Å². The van der Waals surface area contributed by atoms with Crippen LogP contribution in [0.5, 0.6) is 0 Å². The summed E-state index contributed by atoms with van der Waals surface area (Å²) in [6.07, 6.45) is 1.57. The predicted molar refractivity (Wildman–Crippen MR) is 134 cm³/mol. The summed E-state index contributed by atoms with van der Waals surface area (Å²) in [4.78, 5) is 29.2. The number of furan rings is 1. The summed E-state index contributed by atoms with van der Waals surface area (Å²) in [5.74, 6) is 0.0473. The maximum Gasteiger partial charge on any atom is 0.277 e. The van der Waals surface area contributed by atoms with Crippen LogP contribution in [-0.2, 0) is 17.9 Å². The molecule has 0 radical (unpaired) electrons. The van der Waals surface area contributed by atoms with Crippen molar-refractivity contribution in [2.45, 2.75) is 46.3 Å². The van der Waals surface area contributed by atoms with Crippen LogP contribution in [0.4, 0.5) is 5.69 Å². The minimum Gasteiger partial charge on any atom is -0.463 e. The number of aryl methyl sites for hydroxylation is 3. The number of benzene rings is 2. The van der Waals surface area contributed by atoms with Crippen LogP contribution in [0.15, 0.2) is 71.3 Å². The Bertz CT molecular complexity index is 1400. The van der Waals surface area contributed by atoms with Crippen molar-refractivity contribution < 1.29 is 14.0 Å². The molecular formula is C28H28N4O3. The fraction of sp³-hybridized carbons (Fsp3) is 0.250. The summed E-state index contributed by atoms with van der Waals surface area (Å²) >= 11 is 0. The molecule has 1 atom stereocenters. The van der Waals surface area contributed by atoms with Gasteiger partial charge in [-0.3, -0.25) is 19.2 Å². The zero-order chi connectivity index (χ0) is 24.7. The minimum atomic E-state index is -1.19. The molecule has 1 aliphatic rings. The Labute approximate surface area is 204 Å². The number of hydrogen-bond acceptors (Lipinski definition) is 4. The highest BCUT2D eigenvalue weighted by molar-refractivity contribution is 6.12. The smallest absolute Gasteiger partial charge is 0.277 e. The molecule has 0 saturated carbocycles. The van der Waals surface area contributed by atoms with Crippen LogP contribution in [0.3, 0.4) is 0 Å². The molecule has 2 aromatic heterocycles. The Kier molecular flexibility index (Phi) is 5.55. The van der Waals surface area contributed by atoms with Crippen molar-refractivity contribution in [1.82, 2.24) is 15.1 Å². The largest absolute Gasteiger partial charge is 0.463 e. The summed E-state index contributed by atoms with van der Waals surface area (Å²) in [5.41, 5.74) is 4.78. The van der Waals surface area contributed by atoms with E-state index >= 15 is 0 Å². The van der Waals surface area contributed by atoms with Gasteiger partial charge >= 0.3 is 0 Å². The minimum absolute atomic E-state index is 0.210. The number of amides is 2. The first-order valence-electron chi connectivity index (χ1n) is 11.6. The maximum atomic E-state index is 13.9. The molecule has 35 heavy (non-hydrogen) atoms. The van der Waals surface area contributed by atoms with Crippen LogP contribution in [-0.4, -0.2) is 27.1 Å². The number of anilines is 1. The third-order valence-electron chi connectivity index (χ3n) is 6.74. The highest BCUT2D eigenvalue weighted by Gasteiger charge is 2.49.